The predicted molar refractivity (Wildman–Crippen MR) is 80.7 cm³/mol. The Labute approximate surface area is 124 Å². The average molecular weight is 285 g/mol. The highest BCUT2D eigenvalue weighted by Gasteiger charge is 2.26. The second kappa shape index (κ2) is 7.05. The zero-order chi connectivity index (χ0) is 15.2. The van der Waals surface area contributed by atoms with Crippen molar-refractivity contribution in [2.45, 2.75) is 39.0 Å². The number of amides is 2. The SMILES string of the molecule is Cc1cc(C#CCCO)ccc1N1C(=O)CCCCC1=O. The molecule has 1 aromatic rings. The van der Waals surface area contributed by atoms with Crippen molar-refractivity contribution >= 4 is 17.5 Å². The number of hydrogen-bond donors (Lipinski definition) is 1. The van der Waals surface area contributed by atoms with Gasteiger partial charge < -0.3 is 5.11 Å². The molecule has 110 valence electrons. The molecule has 0 spiro atoms. The minimum Gasteiger partial charge on any atom is -0.395 e. The van der Waals surface area contributed by atoms with Gasteiger partial charge in [-0.1, -0.05) is 11.8 Å². The fourth-order valence-corrected chi connectivity index (χ4v) is 2.39. The zero-order valence-electron chi connectivity index (χ0n) is 12.2. The van der Waals surface area contributed by atoms with Gasteiger partial charge in [0, 0.05) is 24.8 Å². The molecule has 1 aliphatic rings. The number of aliphatic hydroxyl groups excluding tert-OH is 1. The molecule has 1 aromatic carbocycles. The lowest BCUT2D eigenvalue weighted by Gasteiger charge is -2.21. The molecule has 0 bridgehead atoms. The Hall–Kier alpha value is -2.12. The smallest absolute Gasteiger partial charge is 0.233 e. The van der Waals surface area contributed by atoms with Gasteiger partial charge in [0.2, 0.25) is 11.8 Å². The third-order valence-electron chi connectivity index (χ3n) is 3.44. The van der Waals surface area contributed by atoms with E-state index in [2.05, 4.69) is 11.8 Å². The lowest BCUT2D eigenvalue weighted by atomic mass is 10.1. The van der Waals surface area contributed by atoms with Crippen molar-refractivity contribution in [3.8, 4) is 11.8 Å². The van der Waals surface area contributed by atoms with Gasteiger partial charge in [-0.2, -0.15) is 0 Å². The van der Waals surface area contributed by atoms with Crippen LogP contribution in [0, 0.1) is 18.8 Å². The van der Waals surface area contributed by atoms with Gasteiger partial charge in [0.1, 0.15) is 0 Å². The van der Waals surface area contributed by atoms with Crippen molar-refractivity contribution in [3.63, 3.8) is 0 Å². The fraction of sp³-hybridized carbons (Fsp3) is 0.412. The molecule has 4 heteroatoms. The second-order valence-corrected chi connectivity index (χ2v) is 5.11. The second-order valence-electron chi connectivity index (χ2n) is 5.11. The minimum absolute atomic E-state index is 0.0425. The number of benzene rings is 1. The topological polar surface area (TPSA) is 57.6 Å². The zero-order valence-corrected chi connectivity index (χ0v) is 12.2. The van der Waals surface area contributed by atoms with Crippen molar-refractivity contribution in [1.29, 1.82) is 0 Å². The van der Waals surface area contributed by atoms with E-state index in [4.69, 9.17) is 5.11 Å². The van der Waals surface area contributed by atoms with Crippen LogP contribution in [0.4, 0.5) is 5.69 Å². The monoisotopic (exact) mass is 285 g/mol. The van der Waals surface area contributed by atoms with E-state index in [0.29, 0.717) is 24.9 Å². The first kappa shape index (κ1) is 15.3. The summed E-state index contributed by atoms with van der Waals surface area (Å²) in [5.74, 6) is 5.56. The van der Waals surface area contributed by atoms with Crippen LogP contribution in [0.2, 0.25) is 0 Å². The molecule has 0 unspecified atom stereocenters. The average Bonchev–Trinajstić information content (AvgIpc) is 2.61. The van der Waals surface area contributed by atoms with E-state index in [1.54, 1.807) is 12.1 Å². The summed E-state index contributed by atoms with van der Waals surface area (Å²) >= 11 is 0. The fourth-order valence-electron chi connectivity index (χ4n) is 2.39. The third kappa shape index (κ3) is 3.71. The minimum atomic E-state index is -0.125. The van der Waals surface area contributed by atoms with Crippen molar-refractivity contribution in [1.82, 2.24) is 0 Å². The summed E-state index contributed by atoms with van der Waals surface area (Å²) in [7, 11) is 0. The van der Waals surface area contributed by atoms with Gasteiger partial charge in [-0.05, 0) is 43.5 Å². The van der Waals surface area contributed by atoms with E-state index >= 15 is 0 Å². The summed E-state index contributed by atoms with van der Waals surface area (Å²) in [4.78, 5) is 25.6. The van der Waals surface area contributed by atoms with Gasteiger partial charge in [-0.25, -0.2) is 0 Å². The highest BCUT2D eigenvalue weighted by molar-refractivity contribution is 6.15. The summed E-state index contributed by atoms with van der Waals surface area (Å²) in [6.45, 7) is 1.92. The molecule has 21 heavy (non-hydrogen) atoms. The third-order valence-corrected chi connectivity index (χ3v) is 3.44. The molecule has 0 aromatic heterocycles. The molecule has 1 fully saturated rings. The molecule has 1 saturated heterocycles. The van der Waals surface area contributed by atoms with Gasteiger partial charge in [0.05, 0.1) is 12.3 Å². The van der Waals surface area contributed by atoms with Crippen LogP contribution in [-0.4, -0.2) is 23.5 Å². The molecule has 4 nitrogen and oxygen atoms in total. The van der Waals surface area contributed by atoms with E-state index in [0.717, 1.165) is 24.0 Å². The van der Waals surface area contributed by atoms with E-state index < -0.39 is 0 Å². The standard InChI is InChI=1S/C17H19NO3/c1-13-12-14(6-4-5-11-19)9-10-15(13)18-16(20)7-2-3-8-17(18)21/h9-10,12,19H,2-3,5,7-8,11H2,1H3. The summed E-state index contributed by atoms with van der Waals surface area (Å²) < 4.78 is 0. The largest absolute Gasteiger partial charge is 0.395 e. The lowest BCUT2D eigenvalue weighted by molar-refractivity contribution is -0.125. The Kier molecular flexibility index (Phi) is 5.13. The Bertz CT molecular complexity index is 592. The summed E-state index contributed by atoms with van der Waals surface area (Å²) in [5.41, 5.74) is 2.33. The number of carbonyl (C=O) groups is 2. The van der Waals surface area contributed by atoms with E-state index in [1.165, 1.54) is 4.90 Å². The number of rotatable bonds is 2. The molecule has 0 aliphatic carbocycles. The molecule has 0 atom stereocenters. The van der Waals surface area contributed by atoms with Crippen LogP contribution in [0.15, 0.2) is 18.2 Å². The van der Waals surface area contributed by atoms with E-state index in [1.807, 2.05) is 13.0 Å². The lowest BCUT2D eigenvalue weighted by Crippen LogP contribution is -2.35. The number of carbonyl (C=O) groups excluding carboxylic acids is 2. The Balaban J connectivity index is 2.29. The maximum absolute atomic E-state index is 12.1. The molecule has 1 heterocycles. The van der Waals surface area contributed by atoms with Crippen LogP contribution >= 0.6 is 0 Å². The van der Waals surface area contributed by atoms with E-state index in [9.17, 15) is 9.59 Å². The van der Waals surface area contributed by atoms with Crippen LogP contribution < -0.4 is 4.90 Å². The number of anilines is 1. The van der Waals surface area contributed by atoms with Crippen LogP contribution in [0.3, 0.4) is 0 Å². The first-order chi connectivity index (χ1) is 10.1. The van der Waals surface area contributed by atoms with Crippen LogP contribution in [0.5, 0.6) is 0 Å². The normalized spacial score (nSPS) is 15.4. The Morgan fingerprint density at radius 2 is 1.86 bits per heavy atom. The molecular weight excluding hydrogens is 266 g/mol. The van der Waals surface area contributed by atoms with Gasteiger partial charge >= 0.3 is 0 Å². The molecule has 0 saturated carbocycles. The number of nitrogens with zero attached hydrogens (tertiary/aromatic N) is 1. The molecule has 1 N–H and O–H groups in total. The highest BCUT2D eigenvalue weighted by atomic mass is 16.2. The van der Waals surface area contributed by atoms with Crippen molar-refractivity contribution in [3.05, 3.63) is 29.3 Å². The number of hydrogen-bond acceptors (Lipinski definition) is 3. The van der Waals surface area contributed by atoms with E-state index in [-0.39, 0.29) is 18.4 Å². The quantitative estimate of drug-likeness (QED) is 0.669. The van der Waals surface area contributed by atoms with Gasteiger partial charge in [0.15, 0.2) is 0 Å². The Morgan fingerprint density at radius 1 is 1.19 bits per heavy atom. The molecule has 2 amide bonds. The van der Waals surface area contributed by atoms with Crippen molar-refractivity contribution in [2.24, 2.45) is 0 Å². The van der Waals surface area contributed by atoms with Gasteiger partial charge in [-0.3, -0.25) is 14.5 Å². The van der Waals surface area contributed by atoms with Crippen LogP contribution in [0.1, 0.15) is 43.2 Å². The summed E-state index contributed by atoms with van der Waals surface area (Å²) in [5, 5.41) is 8.71. The van der Waals surface area contributed by atoms with Gasteiger partial charge in [0.25, 0.3) is 0 Å². The first-order valence-corrected chi connectivity index (χ1v) is 7.19. The maximum Gasteiger partial charge on any atom is 0.233 e. The van der Waals surface area contributed by atoms with Crippen LogP contribution in [-0.2, 0) is 9.59 Å². The van der Waals surface area contributed by atoms with Gasteiger partial charge in [-0.15, -0.1) is 0 Å². The number of imide groups is 1. The Morgan fingerprint density at radius 3 is 2.43 bits per heavy atom. The highest BCUT2D eigenvalue weighted by Crippen LogP contribution is 2.25. The predicted octanol–water partition coefficient (Wildman–Crippen LogP) is 2.16. The molecule has 1 aliphatic heterocycles. The molecular formula is C17H19NO3. The summed E-state index contributed by atoms with van der Waals surface area (Å²) in [6.07, 6.45) is 2.81. The maximum atomic E-state index is 12.1. The van der Waals surface area contributed by atoms with Crippen molar-refractivity contribution < 1.29 is 14.7 Å². The summed E-state index contributed by atoms with van der Waals surface area (Å²) in [6, 6.07) is 5.45. The molecule has 0 radical (unpaired) electrons. The first-order valence-electron chi connectivity index (χ1n) is 7.19. The van der Waals surface area contributed by atoms with Crippen molar-refractivity contribution in [2.75, 3.05) is 11.5 Å². The van der Waals surface area contributed by atoms with Crippen LogP contribution in [0.25, 0.3) is 0 Å². The number of aryl methyl sites for hydroxylation is 1. The number of aliphatic hydroxyl groups is 1. The molecule has 2 rings (SSSR count).